The molecule has 2 amide bonds. The fourth-order valence-electron chi connectivity index (χ4n) is 3.14. The van der Waals surface area contributed by atoms with Gasteiger partial charge in [0, 0.05) is 19.1 Å². The second-order valence-electron chi connectivity index (χ2n) is 6.25. The highest BCUT2D eigenvalue weighted by Gasteiger charge is 2.33. The first-order valence-electron chi connectivity index (χ1n) is 8.59. The number of hydrogen-bond donors (Lipinski definition) is 2. The van der Waals surface area contributed by atoms with Gasteiger partial charge in [0.05, 0.1) is 6.26 Å². The fourth-order valence-corrected chi connectivity index (χ4v) is 3.14. The minimum absolute atomic E-state index is 0.161. The number of amides is 2. The maximum atomic E-state index is 12.6. The normalized spacial score (nSPS) is 18.6. The van der Waals surface area contributed by atoms with E-state index in [1.807, 2.05) is 30.3 Å². The number of piperidine rings is 1. The van der Waals surface area contributed by atoms with Crippen molar-refractivity contribution >= 4 is 11.8 Å². The van der Waals surface area contributed by atoms with Gasteiger partial charge in [-0.25, -0.2) is 0 Å². The third-order valence-corrected chi connectivity index (χ3v) is 4.52. The van der Waals surface area contributed by atoms with Gasteiger partial charge in [0.1, 0.15) is 6.04 Å². The SMILES string of the molecule is NC(CNC(=O)C1CCCCN1C(=O)c1ccco1)c1ccccc1. The summed E-state index contributed by atoms with van der Waals surface area (Å²) in [5, 5.41) is 2.89. The van der Waals surface area contributed by atoms with Gasteiger partial charge in [-0.2, -0.15) is 0 Å². The average Bonchev–Trinajstić information content (AvgIpc) is 3.20. The van der Waals surface area contributed by atoms with E-state index in [9.17, 15) is 9.59 Å². The van der Waals surface area contributed by atoms with Gasteiger partial charge in [-0.15, -0.1) is 0 Å². The number of likely N-dealkylation sites (tertiary alicyclic amines) is 1. The van der Waals surface area contributed by atoms with Crippen LogP contribution in [0.2, 0.25) is 0 Å². The maximum absolute atomic E-state index is 12.6. The Morgan fingerprint density at radius 1 is 1.20 bits per heavy atom. The Kier molecular flexibility index (Phi) is 5.50. The number of hydrogen-bond acceptors (Lipinski definition) is 4. The Morgan fingerprint density at radius 2 is 2.00 bits per heavy atom. The van der Waals surface area contributed by atoms with E-state index in [4.69, 9.17) is 10.2 Å². The maximum Gasteiger partial charge on any atom is 0.290 e. The topological polar surface area (TPSA) is 88.6 Å². The summed E-state index contributed by atoms with van der Waals surface area (Å²) in [6.07, 6.45) is 3.93. The lowest BCUT2D eigenvalue weighted by atomic mass is 10.0. The van der Waals surface area contributed by atoms with Crippen LogP contribution in [0.1, 0.15) is 41.4 Å². The predicted molar refractivity (Wildman–Crippen MR) is 93.8 cm³/mol. The van der Waals surface area contributed by atoms with Crippen LogP contribution in [0.25, 0.3) is 0 Å². The molecule has 3 rings (SSSR count). The van der Waals surface area contributed by atoms with Crippen LogP contribution < -0.4 is 11.1 Å². The van der Waals surface area contributed by atoms with Crippen molar-refractivity contribution in [2.24, 2.45) is 5.73 Å². The molecule has 1 aliphatic rings. The van der Waals surface area contributed by atoms with Crippen LogP contribution in [0.4, 0.5) is 0 Å². The van der Waals surface area contributed by atoms with E-state index in [1.54, 1.807) is 17.0 Å². The second-order valence-corrected chi connectivity index (χ2v) is 6.25. The molecule has 2 atom stereocenters. The summed E-state index contributed by atoms with van der Waals surface area (Å²) >= 11 is 0. The minimum atomic E-state index is -0.477. The van der Waals surface area contributed by atoms with Gasteiger partial charge in [-0.1, -0.05) is 30.3 Å². The van der Waals surface area contributed by atoms with Gasteiger partial charge < -0.3 is 20.4 Å². The van der Waals surface area contributed by atoms with Crippen LogP contribution in [-0.4, -0.2) is 35.8 Å². The van der Waals surface area contributed by atoms with E-state index >= 15 is 0 Å². The minimum Gasteiger partial charge on any atom is -0.459 e. The molecule has 2 heterocycles. The van der Waals surface area contributed by atoms with Crippen LogP contribution in [0.5, 0.6) is 0 Å². The van der Waals surface area contributed by atoms with Gasteiger partial charge in [0.15, 0.2) is 5.76 Å². The van der Waals surface area contributed by atoms with Crippen molar-refractivity contribution in [1.82, 2.24) is 10.2 Å². The highest BCUT2D eigenvalue weighted by molar-refractivity contribution is 5.95. The van der Waals surface area contributed by atoms with E-state index in [0.29, 0.717) is 19.5 Å². The summed E-state index contributed by atoms with van der Waals surface area (Å²) < 4.78 is 5.19. The lowest BCUT2D eigenvalue weighted by molar-refractivity contribution is -0.126. The summed E-state index contributed by atoms with van der Waals surface area (Å²) in [4.78, 5) is 26.8. The average molecular weight is 341 g/mol. The Bertz CT molecular complexity index is 700. The van der Waals surface area contributed by atoms with Gasteiger partial charge in [0.2, 0.25) is 5.91 Å². The molecule has 0 spiro atoms. The Balaban J connectivity index is 1.62. The molecule has 6 nitrogen and oxygen atoms in total. The molecule has 25 heavy (non-hydrogen) atoms. The smallest absolute Gasteiger partial charge is 0.290 e. The molecule has 6 heteroatoms. The van der Waals surface area contributed by atoms with Crippen molar-refractivity contribution < 1.29 is 14.0 Å². The van der Waals surface area contributed by atoms with Crippen LogP contribution in [0.15, 0.2) is 53.1 Å². The van der Waals surface area contributed by atoms with E-state index in [2.05, 4.69) is 5.32 Å². The molecular formula is C19H23N3O3. The van der Waals surface area contributed by atoms with Crippen LogP contribution in [-0.2, 0) is 4.79 Å². The van der Waals surface area contributed by atoms with Gasteiger partial charge in [0.25, 0.3) is 5.91 Å². The van der Waals surface area contributed by atoms with E-state index in [1.165, 1.54) is 6.26 Å². The van der Waals surface area contributed by atoms with Gasteiger partial charge in [-0.3, -0.25) is 9.59 Å². The summed E-state index contributed by atoms with van der Waals surface area (Å²) in [6.45, 7) is 0.893. The molecule has 1 aromatic heterocycles. The van der Waals surface area contributed by atoms with Crippen molar-refractivity contribution in [3.8, 4) is 0 Å². The molecule has 1 saturated heterocycles. The van der Waals surface area contributed by atoms with Crippen molar-refractivity contribution in [3.05, 3.63) is 60.1 Å². The number of nitrogens with two attached hydrogens (primary N) is 1. The molecule has 0 aliphatic carbocycles. The number of carbonyl (C=O) groups is 2. The van der Waals surface area contributed by atoms with Crippen molar-refractivity contribution in [3.63, 3.8) is 0 Å². The summed E-state index contributed by atoms with van der Waals surface area (Å²) in [7, 11) is 0. The third kappa shape index (κ3) is 4.09. The van der Waals surface area contributed by atoms with Crippen molar-refractivity contribution in [1.29, 1.82) is 0 Å². The lowest BCUT2D eigenvalue weighted by Crippen LogP contribution is -2.52. The molecule has 132 valence electrons. The molecule has 3 N–H and O–H groups in total. The zero-order chi connectivity index (χ0) is 17.6. The van der Waals surface area contributed by atoms with Gasteiger partial charge in [-0.05, 0) is 37.0 Å². The first-order valence-corrected chi connectivity index (χ1v) is 8.59. The first-order chi connectivity index (χ1) is 12.2. The highest BCUT2D eigenvalue weighted by atomic mass is 16.3. The van der Waals surface area contributed by atoms with Gasteiger partial charge >= 0.3 is 0 Å². The number of furan rings is 1. The molecule has 1 fully saturated rings. The summed E-state index contributed by atoms with van der Waals surface area (Å²) in [6, 6.07) is 12.2. The quantitative estimate of drug-likeness (QED) is 0.871. The number of carbonyl (C=O) groups excluding carboxylic acids is 2. The van der Waals surface area contributed by atoms with Crippen molar-refractivity contribution in [2.75, 3.05) is 13.1 Å². The molecule has 0 radical (unpaired) electrons. The fraction of sp³-hybridized carbons (Fsp3) is 0.368. The molecule has 2 unspecified atom stereocenters. The monoisotopic (exact) mass is 341 g/mol. The Hall–Kier alpha value is -2.60. The molecular weight excluding hydrogens is 318 g/mol. The summed E-state index contributed by atoms with van der Waals surface area (Å²) in [5.74, 6) is -0.135. The molecule has 1 aliphatic heterocycles. The first kappa shape index (κ1) is 17.2. The largest absolute Gasteiger partial charge is 0.459 e. The van der Waals surface area contributed by atoms with Crippen LogP contribution >= 0.6 is 0 Å². The number of benzene rings is 1. The second kappa shape index (κ2) is 7.98. The number of nitrogens with zero attached hydrogens (tertiary/aromatic N) is 1. The predicted octanol–water partition coefficient (Wildman–Crippen LogP) is 2.09. The van der Waals surface area contributed by atoms with E-state index < -0.39 is 6.04 Å². The molecule has 0 saturated carbocycles. The molecule has 1 aromatic carbocycles. The molecule has 2 aromatic rings. The van der Waals surface area contributed by atoms with Crippen LogP contribution in [0.3, 0.4) is 0 Å². The van der Waals surface area contributed by atoms with E-state index in [-0.39, 0.29) is 23.6 Å². The molecule has 0 bridgehead atoms. The lowest BCUT2D eigenvalue weighted by Gasteiger charge is -2.34. The number of nitrogens with one attached hydrogen (secondary N) is 1. The zero-order valence-electron chi connectivity index (χ0n) is 14.1. The zero-order valence-corrected chi connectivity index (χ0v) is 14.1. The Morgan fingerprint density at radius 3 is 2.72 bits per heavy atom. The number of rotatable bonds is 5. The van der Waals surface area contributed by atoms with Crippen molar-refractivity contribution in [2.45, 2.75) is 31.3 Å². The standard InChI is InChI=1S/C19H23N3O3/c20-15(14-7-2-1-3-8-14)13-21-18(23)16-9-4-5-11-22(16)19(24)17-10-6-12-25-17/h1-3,6-8,10,12,15-16H,4-5,9,11,13,20H2,(H,21,23). The third-order valence-electron chi connectivity index (χ3n) is 4.52. The highest BCUT2D eigenvalue weighted by Crippen LogP contribution is 2.20. The Labute approximate surface area is 147 Å². The van der Waals surface area contributed by atoms with Crippen LogP contribution in [0, 0.1) is 0 Å². The van der Waals surface area contributed by atoms with E-state index in [0.717, 1.165) is 18.4 Å². The summed E-state index contributed by atoms with van der Waals surface area (Å²) in [5.41, 5.74) is 7.10.